The Morgan fingerprint density at radius 3 is 1.55 bits per heavy atom. The van der Waals surface area contributed by atoms with Crippen LogP contribution in [0.15, 0.2) is 0 Å². The fraction of sp³-hybridized carbons (Fsp3) is 1.00. The van der Waals surface area contributed by atoms with Gasteiger partial charge in [0.15, 0.2) is 0 Å². The first-order chi connectivity index (χ1) is 9.31. The lowest BCUT2D eigenvalue weighted by Gasteiger charge is -2.10. The predicted molar refractivity (Wildman–Crippen MR) is 84.3 cm³/mol. The lowest BCUT2D eigenvalue weighted by Crippen LogP contribution is -2.19. The molecule has 20 heavy (non-hydrogen) atoms. The molecule has 0 fully saturated rings. The lowest BCUT2D eigenvalue weighted by molar-refractivity contribution is 0.381. The highest BCUT2D eigenvalue weighted by atomic mass is 32.3. The average molecular weight is 311 g/mol. The minimum Gasteiger partial charge on any atom is -0.328 e. The van der Waals surface area contributed by atoms with Crippen molar-refractivity contribution in [2.24, 2.45) is 5.73 Å². The molecule has 1 unspecified atom stereocenters. The van der Waals surface area contributed by atoms with Crippen LogP contribution in [0.4, 0.5) is 0 Å². The third-order valence-corrected chi connectivity index (χ3v) is 3.11. The Morgan fingerprint density at radius 1 is 0.800 bits per heavy atom. The van der Waals surface area contributed by atoms with Crippen LogP contribution in [0.25, 0.3) is 0 Å². The Hall–Kier alpha value is -0.170. The first-order valence-electron chi connectivity index (χ1n) is 7.76. The molecule has 0 saturated carbocycles. The van der Waals surface area contributed by atoms with Crippen LogP contribution in [0.1, 0.15) is 84.5 Å². The maximum absolute atomic E-state index is 8.74. The van der Waals surface area contributed by atoms with Gasteiger partial charge in [0.1, 0.15) is 0 Å². The van der Waals surface area contributed by atoms with Gasteiger partial charge in [-0.05, 0) is 12.8 Å². The number of hydrogen-bond donors (Lipinski definition) is 3. The summed E-state index contributed by atoms with van der Waals surface area (Å²) in [5, 5.41) is 0. The average Bonchev–Trinajstić information content (AvgIpc) is 2.32. The van der Waals surface area contributed by atoms with E-state index in [9.17, 15) is 0 Å². The molecule has 0 saturated heterocycles. The van der Waals surface area contributed by atoms with Crippen molar-refractivity contribution in [3.8, 4) is 0 Å². The standard InChI is InChI=1S/C14H31N.H2O4S/c1-3-5-7-8-9-11-13-14(15)12-10-6-4-2;1-5(2,3)4/h14H,3-13,15H2,1-2H3;(H2,1,2,3,4). The van der Waals surface area contributed by atoms with E-state index in [-0.39, 0.29) is 0 Å². The molecule has 0 radical (unpaired) electrons. The molecule has 0 aromatic carbocycles. The summed E-state index contributed by atoms with van der Waals surface area (Å²) in [6, 6.07) is 0.475. The Labute approximate surface area is 124 Å². The highest BCUT2D eigenvalue weighted by molar-refractivity contribution is 7.79. The minimum absolute atomic E-state index is 0.475. The quantitative estimate of drug-likeness (QED) is 0.395. The van der Waals surface area contributed by atoms with Gasteiger partial charge in [0.25, 0.3) is 0 Å². The summed E-state index contributed by atoms with van der Waals surface area (Å²) >= 11 is 0. The number of unbranched alkanes of at least 4 members (excludes halogenated alkanes) is 7. The van der Waals surface area contributed by atoms with Crippen LogP contribution in [0.5, 0.6) is 0 Å². The van der Waals surface area contributed by atoms with Gasteiger partial charge in [-0.3, -0.25) is 9.11 Å². The third kappa shape index (κ3) is 30.7. The second kappa shape index (κ2) is 15.2. The van der Waals surface area contributed by atoms with Crippen molar-refractivity contribution in [2.75, 3.05) is 0 Å². The Morgan fingerprint density at radius 2 is 1.10 bits per heavy atom. The normalized spacial score (nSPS) is 12.7. The Kier molecular flexibility index (Phi) is 16.8. The fourth-order valence-electron chi connectivity index (χ4n) is 1.99. The molecule has 0 aliphatic rings. The van der Waals surface area contributed by atoms with Crippen molar-refractivity contribution in [2.45, 2.75) is 90.5 Å². The van der Waals surface area contributed by atoms with Crippen LogP contribution in [0.3, 0.4) is 0 Å². The molecular weight excluding hydrogens is 278 g/mol. The van der Waals surface area contributed by atoms with Gasteiger partial charge in [-0.15, -0.1) is 0 Å². The molecule has 0 heterocycles. The van der Waals surface area contributed by atoms with E-state index in [2.05, 4.69) is 13.8 Å². The SMILES string of the molecule is CCCCCCCCC(N)CCCCC.O=S(=O)(O)O. The molecule has 0 aromatic rings. The van der Waals surface area contributed by atoms with E-state index < -0.39 is 10.4 Å². The topological polar surface area (TPSA) is 101 Å². The third-order valence-electron chi connectivity index (χ3n) is 3.11. The molecule has 5 nitrogen and oxygen atoms in total. The van der Waals surface area contributed by atoms with Crippen molar-refractivity contribution >= 4 is 10.4 Å². The van der Waals surface area contributed by atoms with Crippen molar-refractivity contribution < 1.29 is 17.5 Å². The van der Waals surface area contributed by atoms with Crippen LogP contribution in [0, 0.1) is 0 Å². The van der Waals surface area contributed by atoms with Crippen molar-refractivity contribution in [1.29, 1.82) is 0 Å². The number of nitrogens with two attached hydrogens (primary N) is 1. The van der Waals surface area contributed by atoms with Crippen LogP contribution < -0.4 is 5.73 Å². The molecule has 0 amide bonds. The molecule has 0 aromatic heterocycles. The van der Waals surface area contributed by atoms with E-state index in [4.69, 9.17) is 23.3 Å². The summed E-state index contributed by atoms with van der Waals surface area (Å²) in [7, 11) is -4.67. The molecule has 4 N–H and O–H groups in total. The molecule has 6 heteroatoms. The van der Waals surface area contributed by atoms with Gasteiger partial charge in [-0.25, -0.2) is 0 Å². The summed E-state index contributed by atoms with van der Waals surface area (Å²) in [4.78, 5) is 0. The Bertz CT molecular complexity index is 273. The van der Waals surface area contributed by atoms with Gasteiger partial charge in [0.2, 0.25) is 0 Å². The predicted octanol–water partition coefficient (Wildman–Crippen LogP) is 3.99. The van der Waals surface area contributed by atoms with Gasteiger partial charge < -0.3 is 5.73 Å². The maximum atomic E-state index is 8.74. The van der Waals surface area contributed by atoms with Gasteiger partial charge in [-0.1, -0.05) is 71.6 Å². The zero-order valence-electron chi connectivity index (χ0n) is 13.1. The molecular formula is C14H33NO4S. The van der Waals surface area contributed by atoms with E-state index in [1.807, 2.05) is 0 Å². The highest BCUT2D eigenvalue weighted by Gasteiger charge is 2.01. The molecule has 0 rings (SSSR count). The summed E-state index contributed by atoms with van der Waals surface area (Å²) in [6.45, 7) is 4.52. The number of rotatable bonds is 11. The fourth-order valence-corrected chi connectivity index (χ4v) is 1.99. The minimum atomic E-state index is -4.67. The summed E-state index contributed by atoms with van der Waals surface area (Å²) in [6.07, 6.45) is 14.8. The van der Waals surface area contributed by atoms with Crippen LogP contribution >= 0.6 is 0 Å². The van der Waals surface area contributed by atoms with E-state index >= 15 is 0 Å². The molecule has 0 aliphatic carbocycles. The molecule has 124 valence electrons. The smallest absolute Gasteiger partial charge is 0.328 e. The van der Waals surface area contributed by atoms with Gasteiger partial charge >= 0.3 is 10.4 Å². The molecule has 0 bridgehead atoms. The first-order valence-corrected chi connectivity index (χ1v) is 9.16. The van der Waals surface area contributed by atoms with E-state index in [1.165, 1.54) is 70.6 Å². The molecule has 0 aliphatic heterocycles. The monoisotopic (exact) mass is 311 g/mol. The summed E-state index contributed by atoms with van der Waals surface area (Å²) in [5.41, 5.74) is 6.06. The van der Waals surface area contributed by atoms with Gasteiger partial charge in [-0.2, -0.15) is 8.42 Å². The maximum Gasteiger partial charge on any atom is 0.394 e. The second-order valence-electron chi connectivity index (χ2n) is 5.26. The van der Waals surface area contributed by atoms with Crippen molar-refractivity contribution in [3.05, 3.63) is 0 Å². The van der Waals surface area contributed by atoms with Crippen molar-refractivity contribution in [3.63, 3.8) is 0 Å². The van der Waals surface area contributed by atoms with E-state index in [0.29, 0.717) is 6.04 Å². The summed E-state index contributed by atoms with van der Waals surface area (Å²) in [5.74, 6) is 0. The van der Waals surface area contributed by atoms with Gasteiger partial charge in [0, 0.05) is 6.04 Å². The highest BCUT2D eigenvalue weighted by Crippen LogP contribution is 2.11. The van der Waals surface area contributed by atoms with Crippen LogP contribution in [-0.4, -0.2) is 23.6 Å². The lowest BCUT2D eigenvalue weighted by atomic mass is 10.0. The van der Waals surface area contributed by atoms with Crippen LogP contribution in [-0.2, 0) is 10.4 Å². The zero-order chi connectivity index (χ0) is 15.9. The van der Waals surface area contributed by atoms with Gasteiger partial charge in [0.05, 0.1) is 0 Å². The molecule has 1 atom stereocenters. The van der Waals surface area contributed by atoms with Crippen LogP contribution in [0.2, 0.25) is 0 Å². The van der Waals surface area contributed by atoms with E-state index in [1.54, 1.807) is 0 Å². The van der Waals surface area contributed by atoms with E-state index in [0.717, 1.165) is 0 Å². The Balaban J connectivity index is 0. The zero-order valence-corrected chi connectivity index (χ0v) is 13.9. The second-order valence-corrected chi connectivity index (χ2v) is 6.16. The molecule has 0 spiro atoms. The largest absolute Gasteiger partial charge is 0.394 e. The number of hydrogen-bond acceptors (Lipinski definition) is 3. The van der Waals surface area contributed by atoms with Crippen molar-refractivity contribution in [1.82, 2.24) is 0 Å². The first kappa shape index (κ1) is 22.1. The summed E-state index contributed by atoms with van der Waals surface area (Å²) < 4.78 is 31.6.